The lowest BCUT2D eigenvalue weighted by Gasteiger charge is -2.27. The van der Waals surface area contributed by atoms with Crippen molar-refractivity contribution in [1.82, 2.24) is 10.2 Å². The van der Waals surface area contributed by atoms with E-state index in [1.807, 2.05) is 0 Å². The summed E-state index contributed by atoms with van der Waals surface area (Å²) in [5.74, 6) is -3.21. The van der Waals surface area contributed by atoms with Gasteiger partial charge in [0.05, 0.1) is 116 Å². The zero-order chi connectivity index (χ0) is 40.2. The van der Waals surface area contributed by atoms with E-state index in [0.29, 0.717) is 112 Å². The number of carbonyl (C=O) groups is 6. The van der Waals surface area contributed by atoms with Crippen LogP contribution in [0, 0.1) is 0 Å². The fraction of sp³-hybridized carbons (Fsp3) is 0.632. The maximum absolute atomic E-state index is 13.2. The fourth-order valence-electron chi connectivity index (χ4n) is 5.40. The number of fused-ring (bicyclic) bond motifs is 1. The van der Waals surface area contributed by atoms with Crippen LogP contribution in [0.25, 0.3) is 0 Å². The molecule has 2 heterocycles. The summed E-state index contributed by atoms with van der Waals surface area (Å²) < 4.78 is 48.4. The van der Waals surface area contributed by atoms with Crippen molar-refractivity contribution in [1.29, 1.82) is 0 Å². The number of nitrogens with zero attached hydrogens (tertiary/aromatic N) is 1. The predicted octanol–water partition coefficient (Wildman–Crippen LogP) is 1.45. The van der Waals surface area contributed by atoms with Crippen LogP contribution in [-0.2, 0) is 61.8 Å². The average molecular weight is 794 g/mol. The van der Waals surface area contributed by atoms with Gasteiger partial charge in [-0.05, 0) is 31.4 Å². The number of ether oxygens (including phenoxy) is 9. The van der Waals surface area contributed by atoms with Gasteiger partial charge in [0.25, 0.3) is 11.8 Å². The van der Waals surface area contributed by atoms with Crippen molar-refractivity contribution in [2.24, 2.45) is 0 Å². The highest BCUT2D eigenvalue weighted by Crippen LogP contribution is 2.32. The molecule has 18 heteroatoms. The number of carbonyl (C=O) groups excluding carboxylic acids is 6. The number of rotatable bonds is 33. The maximum atomic E-state index is 13.2. The second-order valence-corrected chi connectivity index (χ2v) is 12.3. The van der Waals surface area contributed by atoms with Gasteiger partial charge < -0.3 is 47.9 Å². The molecule has 1 atom stereocenters. The van der Waals surface area contributed by atoms with Crippen LogP contribution in [0.4, 0.5) is 5.69 Å². The van der Waals surface area contributed by atoms with Gasteiger partial charge in [0.1, 0.15) is 12.6 Å². The Kier molecular flexibility index (Phi) is 23.4. The Morgan fingerprint density at radius 2 is 1.18 bits per heavy atom. The van der Waals surface area contributed by atoms with Gasteiger partial charge in [0.2, 0.25) is 17.7 Å². The lowest BCUT2D eigenvalue weighted by atomic mass is 10.0. The Hall–Kier alpha value is -4.14. The van der Waals surface area contributed by atoms with E-state index in [9.17, 15) is 28.8 Å². The number of hydrogen-bond donors (Lipinski definition) is 2. The molecule has 312 valence electrons. The Morgan fingerprint density at radius 3 is 1.68 bits per heavy atom. The van der Waals surface area contributed by atoms with Crippen molar-refractivity contribution in [3.8, 4) is 0 Å². The Labute approximate surface area is 326 Å². The molecule has 2 aliphatic rings. The summed E-state index contributed by atoms with van der Waals surface area (Å²) in [4.78, 5) is 74.3. The molecule has 0 aliphatic carbocycles. The van der Waals surface area contributed by atoms with Crippen LogP contribution in [0.15, 0.2) is 30.9 Å². The van der Waals surface area contributed by atoms with Crippen molar-refractivity contribution in [3.63, 3.8) is 0 Å². The largest absolute Gasteiger partial charge is 0.460 e. The third-order valence-corrected chi connectivity index (χ3v) is 8.18. The highest BCUT2D eigenvalue weighted by atomic mass is 16.6. The molecule has 0 radical (unpaired) electrons. The monoisotopic (exact) mass is 793 g/mol. The minimum atomic E-state index is -1.08. The van der Waals surface area contributed by atoms with E-state index in [-0.39, 0.29) is 48.6 Å². The van der Waals surface area contributed by atoms with Gasteiger partial charge >= 0.3 is 5.97 Å². The molecule has 18 nitrogen and oxygen atoms in total. The molecule has 0 saturated carbocycles. The summed E-state index contributed by atoms with van der Waals surface area (Å²) in [7, 11) is 0. The molecule has 0 spiro atoms. The van der Waals surface area contributed by atoms with E-state index >= 15 is 0 Å². The van der Waals surface area contributed by atoms with Crippen molar-refractivity contribution >= 4 is 41.2 Å². The number of benzene rings is 1. The van der Waals surface area contributed by atoms with Gasteiger partial charge in [0.15, 0.2) is 0 Å². The number of esters is 1. The summed E-state index contributed by atoms with van der Waals surface area (Å²) in [5.41, 5.74) is 0.371. The van der Waals surface area contributed by atoms with E-state index in [1.54, 1.807) is 12.1 Å². The number of amides is 5. The first kappa shape index (κ1) is 46.2. The zero-order valence-corrected chi connectivity index (χ0v) is 31.9. The standard InChI is InChI=1S/C38H55N3O15/c1-2-34(44)56-28-27-55-26-25-54-24-23-53-22-21-52-20-19-51-18-17-50-16-15-49-14-13-48-12-5-3-4-9-32(42)39-30-8-6-7-29-35(30)38(47)41(37(29)46)31-10-11-33(43)40-36(31)45/h2,6-8,31H,1,3-5,9-28H2,(H,39,42)(H,40,43,45). The van der Waals surface area contributed by atoms with Crippen LogP contribution in [0.2, 0.25) is 0 Å². The van der Waals surface area contributed by atoms with Gasteiger partial charge in [0, 0.05) is 25.5 Å². The summed E-state index contributed by atoms with van der Waals surface area (Å²) in [6.07, 6.45) is 3.53. The summed E-state index contributed by atoms with van der Waals surface area (Å²) in [5, 5.41) is 4.90. The van der Waals surface area contributed by atoms with Crippen molar-refractivity contribution in [3.05, 3.63) is 42.0 Å². The second-order valence-electron chi connectivity index (χ2n) is 12.3. The van der Waals surface area contributed by atoms with Crippen LogP contribution in [0.3, 0.4) is 0 Å². The first-order chi connectivity index (χ1) is 27.3. The fourth-order valence-corrected chi connectivity index (χ4v) is 5.40. The van der Waals surface area contributed by atoms with Crippen molar-refractivity contribution in [2.75, 3.05) is 118 Å². The van der Waals surface area contributed by atoms with E-state index in [0.717, 1.165) is 23.8 Å². The quantitative estimate of drug-likeness (QED) is 0.0446. The molecule has 56 heavy (non-hydrogen) atoms. The Balaban J connectivity index is 1.04. The van der Waals surface area contributed by atoms with Gasteiger partial charge in [-0.3, -0.25) is 34.2 Å². The van der Waals surface area contributed by atoms with Crippen molar-refractivity contribution in [2.45, 2.75) is 44.6 Å². The Bertz CT molecular complexity index is 1410. The van der Waals surface area contributed by atoms with Gasteiger partial charge in [-0.2, -0.15) is 0 Å². The molecular formula is C38H55N3O15. The third-order valence-electron chi connectivity index (χ3n) is 8.18. The smallest absolute Gasteiger partial charge is 0.330 e. The topological polar surface area (TPSA) is 213 Å². The zero-order valence-electron chi connectivity index (χ0n) is 31.9. The van der Waals surface area contributed by atoms with E-state index in [1.165, 1.54) is 6.07 Å². The molecule has 0 bridgehead atoms. The summed E-state index contributed by atoms with van der Waals surface area (Å²) in [6.45, 7) is 10.5. The number of nitrogens with one attached hydrogen (secondary N) is 2. The maximum Gasteiger partial charge on any atom is 0.330 e. The predicted molar refractivity (Wildman–Crippen MR) is 198 cm³/mol. The molecule has 5 amide bonds. The van der Waals surface area contributed by atoms with Gasteiger partial charge in [-0.1, -0.05) is 19.1 Å². The molecule has 1 saturated heterocycles. The molecule has 3 rings (SSSR count). The lowest BCUT2D eigenvalue weighted by molar-refractivity contribution is -0.139. The Morgan fingerprint density at radius 1 is 0.679 bits per heavy atom. The first-order valence-electron chi connectivity index (χ1n) is 18.9. The molecular weight excluding hydrogens is 738 g/mol. The van der Waals surface area contributed by atoms with Crippen LogP contribution in [0.5, 0.6) is 0 Å². The molecule has 1 aromatic rings. The molecule has 2 N–H and O–H groups in total. The minimum Gasteiger partial charge on any atom is -0.460 e. The average Bonchev–Trinajstić information content (AvgIpc) is 3.44. The van der Waals surface area contributed by atoms with Crippen LogP contribution < -0.4 is 10.6 Å². The molecule has 2 aliphatic heterocycles. The molecule has 1 unspecified atom stereocenters. The first-order valence-corrected chi connectivity index (χ1v) is 18.9. The lowest BCUT2D eigenvalue weighted by Crippen LogP contribution is -2.54. The second kappa shape index (κ2) is 28.3. The highest BCUT2D eigenvalue weighted by Gasteiger charge is 2.45. The van der Waals surface area contributed by atoms with E-state index in [2.05, 4.69) is 17.2 Å². The van der Waals surface area contributed by atoms with Gasteiger partial charge in [-0.25, -0.2) is 4.79 Å². The normalized spacial score (nSPS) is 15.2. The number of hydrogen-bond acceptors (Lipinski definition) is 15. The number of piperidine rings is 1. The number of anilines is 1. The van der Waals surface area contributed by atoms with Crippen LogP contribution in [-0.4, -0.2) is 159 Å². The van der Waals surface area contributed by atoms with E-state index in [4.69, 9.17) is 42.6 Å². The summed E-state index contributed by atoms with van der Waals surface area (Å²) in [6, 6.07) is 3.52. The third kappa shape index (κ3) is 17.8. The molecule has 0 aromatic heterocycles. The molecule has 1 fully saturated rings. The van der Waals surface area contributed by atoms with Gasteiger partial charge in [-0.15, -0.1) is 0 Å². The number of imide groups is 2. The number of unbranched alkanes of at least 4 members (excludes halogenated alkanes) is 2. The SMILES string of the molecule is C=CC(=O)OCCOCCOCCOCCOCCOCCOCCOCCOCCCCCC(=O)Nc1cccc2c1C(=O)N(C1CCC(=O)NC1=O)C2=O. The molecule has 1 aromatic carbocycles. The van der Waals surface area contributed by atoms with Crippen molar-refractivity contribution < 1.29 is 71.4 Å². The van der Waals surface area contributed by atoms with Crippen LogP contribution in [0.1, 0.15) is 59.2 Å². The summed E-state index contributed by atoms with van der Waals surface area (Å²) >= 11 is 0. The van der Waals surface area contributed by atoms with Crippen LogP contribution >= 0.6 is 0 Å². The minimum absolute atomic E-state index is 0.0256. The van der Waals surface area contributed by atoms with E-state index < -0.39 is 35.6 Å². The highest BCUT2D eigenvalue weighted by molar-refractivity contribution is 6.26.